The quantitative estimate of drug-likeness (QED) is 0.324. The minimum absolute atomic E-state index is 0.323. The van der Waals surface area contributed by atoms with E-state index in [9.17, 15) is 13.2 Å². The van der Waals surface area contributed by atoms with Crippen molar-refractivity contribution in [3.05, 3.63) is 35.4 Å². The van der Waals surface area contributed by atoms with Gasteiger partial charge in [0.25, 0.3) is 5.97 Å². The summed E-state index contributed by atoms with van der Waals surface area (Å²) in [5, 5.41) is 0. The number of alkyl halides is 3. The molecule has 0 aliphatic carbocycles. The van der Waals surface area contributed by atoms with E-state index >= 15 is 0 Å². The fourth-order valence-electron chi connectivity index (χ4n) is 3.26. The highest BCUT2D eigenvalue weighted by Gasteiger charge is 2.41. The Morgan fingerprint density at radius 2 is 1.31 bits per heavy atom. The number of rotatable bonds is 12. The van der Waals surface area contributed by atoms with Gasteiger partial charge in [0.05, 0.1) is 11.5 Å². The second-order valence-electron chi connectivity index (χ2n) is 6.44. The molecule has 26 heavy (non-hydrogen) atoms. The van der Waals surface area contributed by atoms with Gasteiger partial charge in [0.1, 0.15) is 0 Å². The Bertz CT molecular complexity index is 488. The number of hydrogen-bond acceptors (Lipinski definition) is 3. The van der Waals surface area contributed by atoms with Gasteiger partial charge in [-0.25, -0.2) is 0 Å². The zero-order valence-electron chi connectivity index (χ0n) is 16.2. The van der Waals surface area contributed by atoms with Crippen molar-refractivity contribution in [3.8, 4) is 0 Å². The minimum atomic E-state index is -4.35. The Morgan fingerprint density at radius 1 is 0.808 bits per heavy atom. The molecular weight excluding hydrogens is 345 g/mol. The lowest BCUT2D eigenvalue weighted by Gasteiger charge is -2.36. The van der Waals surface area contributed by atoms with E-state index in [1.807, 2.05) is 0 Å². The van der Waals surface area contributed by atoms with Crippen LogP contribution in [0.1, 0.15) is 68.9 Å². The maximum Gasteiger partial charge on any atom is 0.416 e. The molecule has 1 atom stereocenters. The molecule has 0 saturated heterocycles. The van der Waals surface area contributed by atoms with E-state index < -0.39 is 17.7 Å². The van der Waals surface area contributed by atoms with Crippen LogP contribution in [0.3, 0.4) is 0 Å². The summed E-state index contributed by atoms with van der Waals surface area (Å²) < 4.78 is 54.9. The lowest BCUT2D eigenvalue weighted by Crippen LogP contribution is -2.42. The van der Waals surface area contributed by atoms with Crippen LogP contribution >= 0.6 is 0 Å². The third-order valence-corrected chi connectivity index (χ3v) is 4.77. The van der Waals surface area contributed by atoms with Gasteiger partial charge >= 0.3 is 6.18 Å². The molecule has 1 aromatic rings. The Hall–Kier alpha value is -1.11. The molecule has 0 aliphatic heterocycles. The molecule has 0 bridgehead atoms. The molecular formula is C20H31F3O3. The highest BCUT2D eigenvalue weighted by Crippen LogP contribution is 2.38. The van der Waals surface area contributed by atoms with Crippen LogP contribution in [0.25, 0.3) is 0 Å². The minimum Gasteiger partial charge on any atom is -0.330 e. The fourth-order valence-corrected chi connectivity index (χ4v) is 3.26. The van der Waals surface area contributed by atoms with Gasteiger partial charge in [0, 0.05) is 21.3 Å². The van der Waals surface area contributed by atoms with Crippen LogP contribution in [0.2, 0.25) is 0 Å². The molecule has 0 amide bonds. The van der Waals surface area contributed by atoms with E-state index in [0.717, 1.165) is 31.4 Å². The van der Waals surface area contributed by atoms with Crippen molar-refractivity contribution in [2.24, 2.45) is 0 Å². The largest absolute Gasteiger partial charge is 0.416 e. The Balaban J connectivity index is 2.93. The average Bonchev–Trinajstić information content (AvgIpc) is 2.64. The van der Waals surface area contributed by atoms with Crippen LogP contribution in [-0.2, 0) is 20.4 Å². The molecule has 0 aliphatic rings. The molecule has 1 rings (SSSR count). The van der Waals surface area contributed by atoms with Crippen LogP contribution in [0.15, 0.2) is 24.3 Å². The molecule has 6 heteroatoms. The first kappa shape index (κ1) is 22.9. The summed E-state index contributed by atoms with van der Waals surface area (Å²) in [6.07, 6.45) is 3.09. The van der Waals surface area contributed by atoms with E-state index in [2.05, 4.69) is 6.92 Å². The van der Waals surface area contributed by atoms with Crippen molar-refractivity contribution >= 4 is 0 Å². The predicted octanol–water partition coefficient (Wildman–Crippen LogP) is 6.13. The SMILES string of the molecule is CCCCCCCCC(c1ccc(C(F)(F)F)cc1)C(OC)(OC)OC. The standard InChI is InChI=1S/C20H31F3O3/c1-5-6-7-8-9-10-11-18(20(24-2,25-3)26-4)16-12-14-17(15-13-16)19(21,22)23/h12-15,18H,5-11H2,1-4H3. The molecule has 0 N–H and O–H groups in total. The van der Waals surface area contributed by atoms with Gasteiger partial charge in [-0.2, -0.15) is 13.2 Å². The summed E-state index contributed by atoms with van der Waals surface area (Å²) in [5.74, 6) is -1.64. The zero-order chi connectivity index (χ0) is 19.6. The van der Waals surface area contributed by atoms with Gasteiger partial charge in [0.15, 0.2) is 0 Å². The average molecular weight is 376 g/mol. The zero-order valence-corrected chi connectivity index (χ0v) is 16.2. The monoisotopic (exact) mass is 376 g/mol. The second kappa shape index (κ2) is 10.9. The highest BCUT2D eigenvalue weighted by molar-refractivity contribution is 5.28. The van der Waals surface area contributed by atoms with Crippen LogP contribution in [0.4, 0.5) is 13.2 Å². The molecule has 150 valence electrons. The molecule has 1 aromatic carbocycles. The van der Waals surface area contributed by atoms with Crippen LogP contribution < -0.4 is 0 Å². The third kappa shape index (κ3) is 6.25. The molecule has 0 heterocycles. The van der Waals surface area contributed by atoms with Crippen molar-refractivity contribution in [3.63, 3.8) is 0 Å². The molecule has 3 nitrogen and oxygen atoms in total. The van der Waals surface area contributed by atoms with Crippen molar-refractivity contribution in [1.29, 1.82) is 0 Å². The van der Waals surface area contributed by atoms with Gasteiger partial charge in [-0.15, -0.1) is 0 Å². The Kier molecular flexibility index (Phi) is 9.61. The smallest absolute Gasteiger partial charge is 0.330 e. The van der Waals surface area contributed by atoms with Gasteiger partial charge in [-0.3, -0.25) is 0 Å². The summed E-state index contributed by atoms with van der Waals surface area (Å²) in [5.41, 5.74) is 0.0366. The summed E-state index contributed by atoms with van der Waals surface area (Å²) >= 11 is 0. The second-order valence-corrected chi connectivity index (χ2v) is 6.44. The van der Waals surface area contributed by atoms with Crippen LogP contribution in [-0.4, -0.2) is 27.3 Å². The van der Waals surface area contributed by atoms with E-state index in [1.165, 1.54) is 52.7 Å². The number of hydrogen-bond donors (Lipinski definition) is 0. The van der Waals surface area contributed by atoms with Crippen molar-refractivity contribution in [2.75, 3.05) is 21.3 Å². The maximum atomic E-state index is 12.8. The number of methoxy groups -OCH3 is 3. The first-order valence-electron chi connectivity index (χ1n) is 9.17. The van der Waals surface area contributed by atoms with Gasteiger partial charge in [0.2, 0.25) is 0 Å². The lowest BCUT2D eigenvalue weighted by atomic mass is 9.89. The first-order valence-corrected chi connectivity index (χ1v) is 9.17. The Morgan fingerprint density at radius 3 is 1.77 bits per heavy atom. The molecule has 0 spiro atoms. The number of ether oxygens (including phenoxy) is 3. The van der Waals surface area contributed by atoms with Crippen LogP contribution in [0.5, 0.6) is 0 Å². The van der Waals surface area contributed by atoms with E-state index in [0.29, 0.717) is 12.0 Å². The maximum absolute atomic E-state index is 12.8. The molecule has 1 unspecified atom stereocenters. The van der Waals surface area contributed by atoms with E-state index in [-0.39, 0.29) is 5.92 Å². The van der Waals surface area contributed by atoms with Gasteiger partial charge in [-0.1, -0.05) is 57.6 Å². The van der Waals surface area contributed by atoms with E-state index in [1.54, 1.807) is 0 Å². The lowest BCUT2D eigenvalue weighted by molar-refractivity contribution is -0.365. The van der Waals surface area contributed by atoms with Gasteiger partial charge in [-0.05, 0) is 24.1 Å². The number of unbranched alkanes of at least 4 members (excludes halogenated alkanes) is 5. The summed E-state index contributed by atoms with van der Waals surface area (Å²) in [6.45, 7) is 2.17. The summed E-state index contributed by atoms with van der Waals surface area (Å²) in [7, 11) is 4.43. The molecule has 0 fully saturated rings. The van der Waals surface area contributed by atoms with Crippen LogP contribution in [0, 0.1) is 0 Å². The Labute approximate surface area is 154 Å². The summed E-state index contributed by atoms with van der Waals surface area (Å²) in [4.78, 5) is 0. The topological polar surface area (TPSA) is 27.7 Å². The number of benzene rings is 1. The fraction of sp³-hybridized carbons (Fsp3) is 0.700. The van der Waals surface area contributed by atoms with Crippen molar-refractivity contribution in [2.45, 2.75) is 69.9 Å². The molecule has 0 radical (unpaired) electrons. The normalized spacial score (nSPS) is 13.8. The first-order chi connectivity index (χ1) is 12.3. The highest BCUT2D eigenvalue weighted by atomic mass is 19.4. The van der Waals surface area contributed by atoms with E-state index in [4.69, 9.17) is 14.2 Å². The number of halogens is 3. The van der Waals surface area contributed by atoms with Crippen molar-refractivity contribution in [1.82, 2.24) is 0 Å². The predicted molar refractivity (Wildman–Crippen MR) is 95.9 cm³/mol. The molecule has 0 aromatic heterocycles. The third-order valence-electron chi connectivity index (χ3n) is 4.77. The molecule has 0 saturated carbocycles. The van der Waals surface area contributed by atoms with Crippen molar-refractivity contribution < 1.29 is 27.4 Å². The van der Waals surface area contributed by atoms with Gasteiger partial charge < -0.3 is 14.2 Å². The summed E-state index contributed by atoms with van der Waals surface area (Å²) in [6, 6.07) is 5.15.